The molecule has 3 aromatic rings. The van der Waals surface area contributed by atoms with Crippen LogP contribution in [0.5, 0.6) is 11.6 Å². The molecular formula is C19H18BrN3O3. The summed E-state index contributed by atoms with van der Waals surface area (Å²) in [7, 11) is 1.72. The molecule has 1 N–H and O–H groups in total. The number of amides is 1. The molecule has 7 heteroatoms. The van der Waals surface area contributed by atoms with Crippen LogP contribution in [0.4, 0.5) is 5.69 Å². The van der Waals surface area contributed by atoms with Gasteiger partial charge in [-0.05, 0) is 55.3 Å². The molecule has 26 heavy (non-hydrogen) atoms. The zero-order valence-electron chi connectivity index (χ0n) is 14.7. The van der Waals surface area contributed by atoms with Crippen LogP contribution in [0.25, 0.3) is 10.9 Å². The summed E-state index contributed by atoms with van der Waals surface area (Å²) >= 11 is 3.39. The number of rotatable bonds is 4. The predicted octanol–water partition coefficient (Wildman–Crippen LogP) is 4.95. The average molecular weight is 416 g/mol. The van der Waals surface area contributed by atoms with E-state index >= 15 is 0 Å². The van der Waals surface area contributed by atoms with Crippen molar-refractivity contribution in [2.75, 3.05) is 6.61 Å². The van der Waals surface area contributed by atoms with Crippen molar-refractivity contribution in [3.8, 4) is 11.6 Å². The Labute approximate surface area is 159 Å². The van der Waals surface area contributed by atoms with Crippen molar-refractivity contribution in [3.63, 3.8) is 0 Å². The van der Waals surface area contributed by atoms with Crippen molar-refractivity contribution >= 4 is 38.4 Å². The van der Waals surface area contributed by atoms with Gasteiger partial charge < -0.3 is 14.4 Å². The molecule has 3 rings (SSSR count). The number of azo groups is 1. The predicted molar refractivity (Wildman–Crippen MR) is 103 cm³/mol. The van der Waals surface area contributed by atoms with E-state index in [1.807, 2.05) is 50.2 Å². The normalized spacial score (nSPS) is 11.4. The van der Waals surface area contributed by atoms with Gasteiger partial charge in [-0.1, -0.05) is 22.0 Å². The maximum absolute atomic E-state index is 12.0. The number of carbonyl (C=O) groups excluding carboxylic acids is 1. The Balaban J connectivity index is 1.77. The lowest BCUT2D eigenvalue weighted by atomic mass is 10.1. The highest BCUT2D eigenvalue weighted by Crippen LogP contribution is 2.39. The summed E-state index contributed by atoms with van der Waals surface area (Å²) in [6.45, 7) is 3.70. The summed E-state index contributed by atoms with van der Waals surface area (Å²) in [4.78, 5) is 12.0. The van der Waals surface area contributed by atoms with Crippen molar-refractivity contribution in [3.05, 3.63) is 52.0 Å². The minimum absolute atomic E-state index is 0.0510. The van der Waals surface area contributed by atoms with Gasteiger partial charge in [0.05, 0.1) is 5.52 Å². The van der Waals surface area contributed by atoms with Crippen LogP contribution in [0, 0.1) is 13.8 Å². The van der Waals surface area contributed by atoms with Gasteiger partial charge in [0.1, 0.15) is 5.75 Å². The van der Waals surface area contributed by atoms with E-state index in [0.29, 0.717) is 11.1 Å². The number of hydrogen-bond donors (Lipinski definition) is 1. The Morgan fingerprint density at radius 2 is 1.88 bits per heavy atom. The first kappa shape index (κ1) is 18.1. The van der Waals surface area contributed by atoms with E-state index < -0.39 is 5.91 Å². The minimum atomic E-state index is -0.532. The quantitative estimate of drug-likeness (QED) is 0.612. The number of carbonyl (C=O) groups is 1. The van der Waals surface area contributed by atoms with Gasteiger partial charge in [-0.25, -0.2) is 0 Å². The van der Waals surface area contributed by atoms with E-state index in [1.54, 1.807) is 11.6 Å². The van der Waals surface area contributed by atoms with Crippen molar-refractivity contribution < 1.29 is 14.6 Å². The zero-order chi connectivity index (χ0) is 18.8. The van der Waals surface area contributed by atoms with E-state index in [1.165, 1.54) is 0 Å². The van der Waals surface area contributed by atoms with E-state index in [-0.39, 0.29) is 18.2 Å². The molecule has 6 nitrogen and oxygen atoms in total. The van der Waals surface area contributed by atoms with Crippen LogP contribution in [-0.4, -0.2) is 22.2 Å². The van der Waals surface area contributed by atoms with Gasteiger partial charge >= 0.3 is 5.91 Å². The summed E-state index contributed by atoms with van der Waals surface area (Å²) in [5.74, 6) is 0.0309. The van der Waals surface area contributed by atoms with E-state index in [9.17, 15) is 9.90 Å². The first-order valence-electron chi connectivity index (χ1n) is 7.97. The van der Waals surface area contributed by atoms with Crippen molar-refractivity contribution in [1.29, 1.82) is 0 Å². The Morgan fingerprint density at radius 3 is 2.58 bits per heavy atom. The largest absolute Gasteiger partial charge is 0.493 e. The molecule has 1 aromatic heterocycles. The molecule has 1 heterocycles. The third kappa shape index (κ3) is 3.77. The fraction of sp³-hybridized carbons (Fsp3) is 0.211. The maximum Gasteiger partial charge on any atom is 0.302 e. The monoisotopic (exact) mass is 415 g/mol. The molecule has 1 amide bonds. The first-order chi connectivity index (χ1) is 12.3. The fourth-order valence-electron chi connectivity index (χ4n) is 2.78. The lowest BCUT2D eigenvalue weighted by Crippen LogP contribution is -2.08. The highest BCUT2D eigenvalue weighted by atomic mass is 79.9. The van der Waals surface area contributed by atoms with Gasteiger partial charge in [0, 0.05) is 16.9 Å². The molecule has 0 saturated heterocycles. The molecule has 0 bridgehead atoms. The smallest absolute Gasteiger partial charge is 0.302 e. The molecule has 134 valence electrons. The number of aromatic hydroxyl groups is 1. The standard InChI is InChI=1S/C19H18BrN3O3/c1-11-6-12(2)8-14(7-11)26-10-17(24)21-22-18-15-9-13(20)4-5-16(15)23(3)19(18)25/h4-9,25H,10H2,1-3H3. The van der Waals surface area contributed by atoms with E-state index in [2.05, 4.69) is 26.2 Å². The van der Waals surface area contributed by atoms with Crippen LogP contribution in [0.2, 0.25) is 0 Å². The molecule has 0 aliphatic rings. The summed E-state index contributed by atoms with van der Waals surface area (Å²) < 4.78 is 7.92. The third-order valence-corrected chi connectivity index (χ3v) is 4.42. The number of fused-ring (bicyclic) bond motifs is 1. The zero-order valence-corrected chi connectivity index (χ0v) is 16.2. The number of hydrogen-bond acceptors (Lipinski definition) is 4. The van der Waals surface area contributed by atoms with E-state index in [0.717, 1.165) is 21.1 Å². The Hall–Kier alpha value is -2.67. The van der Waals surface area contributed by atoms with Gasteiger partial charge in [0.15, 0.2) is 12.3 Å². The molecule has 0 fully saturated rings. The van der Waals surface area contributed by atoms with Gasteiger partial charge in [-0.3, -0.25) is 4.79 Å². The first-order valence-corrected chi connectivity index (χ1v) is 8.77. The minimum Gasteiger partial charge on any atom is -0.493 e. The fourth-order valence-corrected chi connectivity index (χ4v) is 3.14. The second-order valence-corrected chi connectivity index (χ2v) is 7.01. The van der Waals surface area contributed by atoms with Gasteiger partial charge in [-0.15, -0.1) is 10.2 Å². The Morgan fingerprint density at radius 1 is 1.19 bits per heavy atom. The number of aromatic nitrogens is 1. The van der Waals surface area contributed by atoms with Gasteiger partial charge in [0.25, 0.3) is 0 Å². The molecule has 0 aliphatic heterocycles. The number of halogens is 1. The summed E-state index contributed by atoms with van der Waals surface area (Å²) in [6.07, 6.45) is 0. The molecular weight excluding hydrogens is 398 g/mol. The molecule has 0 radical (unpaired) electrons. The molecule has 0 atom stereocenters. The van der Waals surface area contributed by atoms with Crippen molar-refractivity contribution in [2.24, 2.45) is 17.3 Å². The Bertz CT molecular complexity index is 1000. The van der Waals surface area contributed by atoms with Crippen LogP contribution in [0.15, 0.2) is 51.1 Å². The topological polar surface area (TPSA) is 76.2 Å². The molecule has 0 unspecified atom stereocenters. The van der Waals surface area contributed by atoms with Crippen LogP contribution in [0.1, 0.15) is 11.1 Å². The van der Waals surface area contributed by atoms with Crippen LogP contribution in [-0.2, 0) is 11.8 Å². The summed E-state index contributed by atoms with van der Waals surface area (Å²) in [6, 6.07) is 11.3. The molecule has 2 aromatic carbocycles. The number of benzene rings is 2. The molecule has 0 saturated carbocycles. The van der Waals surface area contributed by atoms with Crippen LogP contribution >= 0.6 is 15.9 Å². The summed E-state index contributed by atoms with van der Waals surface area (Å²) in [5, 5.41) is 18.6. The maximum atomic E-state index is 12.0. The van der Waals surface area contributed by atoms with Crippen LogP contribution in [0.3, 0.4) is 0 Å². The van der Waals surface area contributed by atoms with Gasteiger partial charge in [0.2, 0.25) is 5.88 Å². The SMILES string of the molecule is Cc1cc(C)cc(OCC(=O)N=Nc2c(O)n(C)c3ccc(Br)cc23)c1. The second-order valence-electron chi connectivity index (χ2n) is 6.10. The van der Waals surface area contributed by atoms with Crippen molar-refractivity contribution in [2.45, 2.75) is 13.8 Å². The second kappa shape index (κ2) is 7.29. The third-order valence-electron chi connectivity index (χ3n) is 3.92. The van der Waals surface area contributed by atoms with Crippen molar-refractivity contribution in [1.82, 2.24) is 4.57 Å². The lowest BCUT2D eigenvalue weighted by molar-refractivity contribution is -0.120. The van der Waals surface area contributed by atoms with E-state index in [4.69, 9.17) is 4.74 Å². The lowest BCUT2D eigenvalue weighted by Gasteiger charge is -2.05. The highest BCUT2D eigenvalue weighted by molar-refractivity contribution is 9.10. The molecule has 0 aliphatic carbocycles. The average Bonchev–Trinajstić information content (AvgIpc) is 2.81. The highest BCUT2D eigenvalue weighted by Gasteiger charge is 2.15. The van der Waals surface area contributed by atoms with Crippen LogP contribution < -0.4 is 4.74 Å². The number of aryl methyl sites for hydroxylation is 3. The molecule has 0 spiro atoms. The number of nitrogens with zero attached hydrogens (tertiary/aromatic N) is 3. The summed E-state index contributed by atoms with van der Waals surface area (Å²) in [5.41, 5.74) is 3.16. The number of ether oxygens (including phenoxy) is 1. The Kier molecular flexibility index (Phi) is 5.08. The van der Waals surface area contributed by atoms with Gasteiger partial charge in [-0.2, -0.15) is 0 Å².